The van der Waals surface area contributed by atoms with Crippen LogP contribution in [0.5, 0.6) is 0 Å². The molecule has 0 aromatic carbocycles. The topological polar surface area (TPSA) is 175 Å². The van der Waals surface area contributed by atoms with Crippen LogP contribution >= 0.6 is 0 Å². The van der Waals surface area contributed by atoms with Gasteiger partial charge >= 0.3 is 23.9 Å². The van der Waals surface area contributed by atoms with Gasteiger partial charge in [0.05, 0.1) is 6.61 Å². The van der Waals surface area contributed by atoms with Gasteiger partial charge in [0.15, 0.2) is 24.6 Å². The van der Waals surface area contributed by atoms with Crippen LogP contribution in [-0.4, -0.2) is 89.2 Å². The Labute approximate surface area is 490 Å². The number of hydrogen-bond donors (Lipinski definition) is 3. The van der Waals surface area contributed by atoms with E-state index in [0.29, 0.717) is 19.3 Å². The molecule has 1 fully saturated rings. The van der Waals surface area contributed by atoms with Crippen LogP contribution in [0.3, 0.4) is 0 Å². The maximum atomic E-state index is 13.2. The molecule has 0 aliphatic carbocycles. The van der Waals surface area contributed by atoms with E-state index in [4.69, 9.17) is 23.7 Å². The van der Waals surface area contributed by atoms with Crippen molar-refractivity contribution in [1.82, 2.24) is 0 Å². The summed E-state index contributed by atoms with van der Waals surface area (Å²) in [6.07, 6.45) is 65.5. The van der Waals surface area contributed by atoms with Gasteiger partial charge in [0.25, 0.3) is 0 Å². The number of aliphatic carboxylic acids is 1. The van der Waals surface area contributed by atoms with Gasteiger partial charge in [-0.3, -0.25) is 14.4 Å². The second-order valence-corrected chi connectivity index (χ2v) is 20.5. The molecule has 0 saturated carbocycles. The Morgan fingerprint density at radius 2 is 0.741 bits per heavy atom. The van der Waals surface area contributed by atoms with Crippen molar-refractivity contribution in [2.75, 3.05) is 13.2 Å². The molecule has 6 unspecified atom stereocenters. The second-order valence-electron chi connectivity index (χ2n) is 20.5. The molecular weight excluding hydrogens is 1020 g/mol. The van der Waals surface area contributed by atoms with Crippen LogP contribution < -0.4 is 0 Å². The summed E-state index contributed by atoms with van der Waals surface area (Å²) < 4.78 is 28.4. The lowest BCUT2D eigenvalue weighted by Crippen LogP contribution is -2.61. The van der Waals surface area contributed by atoms with Crippen molar-refractivity contribution < 1.29 is 58.2 Å². The van der Waals surface area contributed by atoms with Gasteiger partial charge in [0, 0.05) is 19.3 Å². The predicted octanol–water partition coefficient (Wildman–Crippen LogP) is 16.6. The Hall–Kier alpha value is -5.14. The summed E-state index contributed by atoms with van der Waals surface area (Å²) in [7, 11) is 0. The van der Waals surface area contributed by atoms with E-state index < -0.39 is 67.3 Å². The number of carbonyl (C=O) groups excluding carboxylic acids is 3. The highest BCUT2D eigenvalue weighted by molar-refractivity contribution is 5.74. The molecular formula is C69H108O12. The van der Waals surface area contributed by atoms with E-state index in [1.54, 1.807) is 0 Å². The van der Waals surface area contributed by atoms with Crippen LogP contribution in [0.25, 0.3) is 0 Å². The summed E-state index contributed by atoms with van der Waals surface area (Å²) in [5.41, 5.74) is 0. The maximum absolute atomic E-state index is 13.2. The largest absolute Gasteiger partial charge is 0.479 e. The van der Waals surface area contributed by atoms with Gasteiger partial charge in [-0.2, -0.15) is 0 Å². The average molecular weight is 1130 g/mol. The minimum Gasteiger partial charge on any atom is -0.479 e. The molecule has 6 atom stereocenters. The monoisotopic (exact) mass is 1130 g/mol. The van der Waals surface area contributed by atoms with Crippen LogP contribution in [0.2, 0.25) is 0 Å². The molecule has 1 rings (SSSR count). The Bertz CT molecular complexity index is 1920. The highest BCUT2D eigenvalue weighted by atomic mass is 16.7. The van der Waals surface area contributed by atoms with E-state index >= 15 is 0 Å². The van der Waals surface area contributed by atoms with Gasteiger partial charge in [-0.05, 0) is 128 Å². The van der Waals surface area contributed by atoms with Crippen molar-refractivity contribution in [3.63, 3.8) is 0 Å². The molecule has 0 aromatic rings. The van der Waals surface area contributed by atoms with E-state index in [9.17, 15) is 34.5 Å². The fourth-order valence-electron chi connectivity index (χ4n) is 8.54. The second kappa shape index (κ2) is 55.4. The average Bonchev–Trinajstić information content (AvgIpc) is 3.53. The predicted molar refractivity (Wildman–Crippen MR) is 330 cm³/mol. The van der Waals surface area contributed by atoms with E-state index in [2.05, 4.69) is 154 Å². The summed E-state index contributed by atoms with van der Waals surface area (Å²) in [6, 6.07) is 0. The fourth-order valence-corrected chi connectivity index (χ4v) is 8.54. The van der Waals surface area contributed by atoms with Crippen LogP contribution in [-0.2, 0) is 42.9 Å². The first-order valence-corrected chi connectivity index (χ1v) is 31.2. The third kappa shape index (κ3) is 45.1. The molecule has 1 heterocycles. The van der Waals surface area contributed by atoms with Gasteiger partial charge in [0.1, 0.15) is 18.8 Å². The molecule has 12 nitrogen and oxygen atoms in total. The lowest BCUT2D eigenvalue weighted by Gasteiger charge is -2.40. The Balaban J connectivity index is 2.71. The molecule has 12 heteroatoms. The maximum Gasteiger partial charge on any atom is 0.335 e. The molecule has 3 N–H and O–H groups in total. The standard InChI is InChI=1S/C69H108O12/c1-4-7-10-13-16-19-22-25-28-30-31-33-35-37-40-43-46-49-52-55-61(70)77-58-60(79-62(71)56-53-50-47-44-41-38-34-27-24-21-18-15-12-9-6-3)59-78-69-67(65(74)64(73)66(81-69)68(75)76)80-63(72)57-54-51-48-45-42-39-36-32-29-26-23-20-17-14-11-8-5-2/h7-12,16-21,25-29,31,33-34,41,44,60,64-67,69,73-74H,4-6,13-15,22-24,30,32,35-40,42-43,45-59H2,1-3H3,(H,75,76)/b10-7-,11-8-,12-9-,19-16-,20-17-,21-18-,28-25-,29-26-,33-31-,34-27-,44-41-. The Morgan fingerprint density at radius 1 is 0.407 bits per heavy atom. The number of esters is 3. The summed E-state index contributed by atoms with van der Waals surface area (Å²) in [6.45, 7) is 5.60. The van der Waals surface area contributed by atoms with Gasteiger partial charge < -0.3 is 39.0 Å². The van der Waals surface area contributed by atoms with Crippen molar-refractivity contribution in [3.05, 3.63) is 134 Å². The lowest BCUT2D eigenvalue weighted by atomic mass is 9.98. The number of ether oxygens (including phenoxy) is 5. The first kappa shape index (κ1) is 73.9. The van der Waals surface area contributed by atoms with Crippen LogP contribution in [0.4, 0.5) is 0 Å². The zero-order valence-corrected chi connectivity index (χ0v) is 50.2. The number of aliphatic hydroxyl groups is 2. The van der Waals surface area contributed by atoms with Crippen molar-refractivity contribution >= 4 is 23.9 Å². The third-order valence-corrected chi connectivity index (χ3v) is 13.2. The summed E-state index contributed by atoms with van der Waals surface area (Å²) in [5.74, 6) is -3.22. The number of hydrogen-bond acceptors (Lipinski definition) is 11. The number of aliphatic hydroxyl groups excluding tert-OH is 2. The van der Waals surface area contributed by atoms with Crippen LogP contribution in [0.1, 0.15) is 226 Å². The zero-order valence-electron chi connectivity index (χ0n) is 50.2. The number of rotatable bonds is 51. The van der Waals surface area contributed by atoms with E-state index in [-0.39, 0.29) is 25.9 Å². The van der Waals surface area contributed by atoms with Crippen molar-refractivity contribution in [1.29, 1.82) is 0 Å². The molecule has 0 amide bonds. The molecule has 456 valence electrons. The molecule has 0 radical (unpaired) electrons. The quantitative estimate of drug-likeness (QED) is 0.0228. The zero-order chi connectivity index (χ0) is 58.9. The third-order valence-electron chi connectivity index (χ3n) is 13.2. The van der Waals surface area contributed by atoms with Crippen molar-refractivity contribution in [2.24, 2.45) is 0 Å². The first-order chi connectivity index (χ1) is 39.6. The molecule has 0 bridgehead atoms. The molecule has 1 saturated heterocycles. The first-order valence-electron chi connectivity index (χ1n) is 31.2. The highest BCUT2D eigenvalue weighted by Gasteiger charge is 2.50. The number of unbranched alkanes of at least 4 members (excludes halogenated alkanes) is 15. The fraction of sp³-hybridized carbons (Fsp3) is 0.623. The Kier molecular flexibility index (Phi) is 50.5. The normalized spacial score (nSPS) is 18.7. The van der Waals surface area contributed by atoms with Gasteiger partial charge in [-0.15, -0.1) is 0 Å². The lowest BCUT2D eigenvalue weighted by molar-refractivity contribution is -0.301. The smallest absolute Gasteiger partial charge is 0.335 e. The number of allylic oxidation sites excluding steroid dienone is 22. The molecule has 81 heavy (non-hydrogen) atoms. The highest BCUT2D eigenvalue weighted by Crippen LogP contribution is 2.26. The summed E-state index contributed by atoms with van der Waals surface area (Å²) in [5, 5.41) is 31.6. The van der Waals surface area contributed by atoms with E-state index in [0.717, 1.165) is 167 Å². The van der Waals surface area contributed by atoms with E-state index in [1.807, 2.05) is 0 Å². The van der Waals surface area contributed by atoms with Gasteiger partial charge in [0.2, 0.25) is 0 Å². The van der Waals surface area contributed by atoms with Crippen molar-refractivity contribution in [2.45, 2.75) is 263 Å². The van der Waals surface area contributed by atoms with Crippen LogP contribution in [0.15, 0.2) is 134 Å². The summed E-state index contributed by atoms with van der Waals surface area (Å²) in [4.78, 5) is 51.3. The molecule has 1 aliphatic heterocycles. The number of carboxylic acids is 1. The molecule has 0 spiro atoms. The van der Waals surface area contributed by atoms with Gasteiger partial charge in [-0.25, -0.2) is 4.79 Å². The SMILES string of the molecule is CC/C=C\C/C=C\C/C=C\C/C=C\CCCCCCCCC(=O)OCC(COC1OC(C(=O)O)C(O)C(O)C1OC(=O)CCCCCCCCC/C=C\C/C=C\C/C=C\CC)OC(=O)CCCC/C=C\C/C=C\C/C=C\C/C=C\CC. The molecule has 0 aromatic heterocycles. The Morgan fingerprint density at radius 3 is 1.15 bits per heavy atom. The van der Waals surface area contributed by atoms with Gasteiger partial charge in [-0.1, -0.05) is 212 Å². The number of carboxylic acid groups (broad SMARTS) is 1. The number of carbonyl (C=O) groups is 4. The minimum atomic E-state index is -1.92. The van der Waals surface area contributed by atoms with Crippen LogP contribution in [0, 0.1) is 0 Å². The molecule has 1 aliphatic rings. The van der Waals surface area contributed by atoms with Crippen molar-refractivity contribution in [3.8, 4) is 0 Å². The summed E-state index contributed by atoms with van der Waals surface area (Å²) >= 11 is 0. The minimum absolute atomic E-state index is 0.0354. The van der Waals surface area contributed by atoms with E-state index in [1.165, 1.54) is 0 Å².